The molecule has 0 amide bonds. The lowest BCUT2D eigenvalue weighted by Gasteiger charge is -2.01. The highest BCUT2D eigenvalue weighted by atomic mass is 32.1. The third-order valence-corrected chi connectivity index (χ3v) is 2.84. The zero-order chi connectivity index (χ0) is 10.8. The van der Waals surface area contributed by atoms with Gasteiger partial charge in [-0.05, 0) is 11.4 Å². The summed E-state index contributed by atoms with van der Waals surface area (Å²) >= 11 is 1.49. The minimum atomic E-state index is -0.271. The SMILES string of the molecule is Cn1nc(-c2cccs2)c(C#N)cc1=O. The van der Waals surface area contributed by atoms with Gasteiger partial charge in [0.1, 0.15) is 11.8 Å². The Labute approximate surface area is 90.0 Å². The molecule has 0 spiro atoms. The number of nitrogens with zero attached hydrogens (tertiary/aromatic N) is 3. The fourth-order valence-electron chi connectivity index (χ4n) is 1.22. The average molecular weight is 217 g/mol. The third kappa shape index (κ3) is 1.67. The van der Waals surface area contributed by atoms with E-state index in [-0.39, 0.29) is 5.56 Å². The quantitative estimate of drug-likeness (QED) is 0.725. The van der Waals surface area contributed by atoms with Crippen molar-refractivity contribution < 1.29 is 0 Å². The van der Waals surface area contributed by atoms with Crippen LogP contribution in [0.2, 0.25) is 0 Å². The number of hydrogen-bond donors (Lipinski definition) is 0. The van der Waals surface area contributed by atoms with Crippen LogP contribution in [-0.2, 0) is 7.05 Å². The molecular formula is C10H7N3OS. The predicted molar refractivity (Wildman–Crippen MR) is 57.5 cm³/mol. The monoisotopic (exact) mass is 217 g/mol. The van der Waals surface area contributed by atoms with Gasteiger partial charge >= 0.3 is 0 Å². The number of rotatable bonds is 1. The van der Waals surface area contributed by atoms with Gasteiger partial charge in [0.2, 0.25) is 0 Å². The Kier molecular flexibility index (Phi) is 2.35. The smallest absolute Gasteiger partial charge is 0.267 e. The van der Waals surface area contributed by atoms with Gasteiger partial charge in [0, 0.05) is 13.1 Å². The van der Waals surface area contributed by atoms with Crippen LogP contribution in [0.5, 0.6) is 0 Å². The van der Waals surface area contributed by atoms with E-state index < -0.39 is 0 Å². The Morgan fingerprint density at radius 1 is 1.60 bits per heavy atom. The topological polar surface area (TPSA) is 58.7 Å². The fourth-order valence-corrected chi connectivity index (χ4v) is 1.94. The van der Waals surface area contributed by atoms with Gasteiger partial charge in [-0.1, -0.05) is 6.07 Å². The molecular weight excluding hydrogens is 210 g/mol. The highest BCUT2D eigenvalue weighted by Gasteiger charge is 2.09. The van der Waals surface area contributed by atoms with E-state index in [0.717, 1.165) is 4.88 Å². The lowest BCUT2D eigenvalue weighted by Crippen LogP contribution is -2.19. The molecule has 0 fully saturated rings. The van der Waals surface area contributed by atoms with Gasteiger partial charge in [-0.25, -0.2) is 4.68 Å². The molecule has 0 radical (unpaired) electrons. The van der Waals surface area contributed by atoms with Crippen LogP contribution in [0, 0.1) is 11.3 Å². The molecule has 2 aromatic heterocycles. The molecule has 4 nitrogen and oxygen atoms in total. The van der Waals surface area contributed by atoms with E-state index in [1.165, 1.54) is 22.1 Å². The van der Waals surface area contributed by atoms with Crippen LogP contribution in [0.4, 0.5) is 0 Å². The summed E-state index contributed by atoms with van der Waals surface area (Å²) < 4.78 is 1.23. The van der Waals surface area contributed by atoms with Crippen LogP contribution in [-0.4, -0.2) is 9.78 Å². The predicted octanol–water partition coefficient (Wildman–Crippen LogP) is 1.38. The first-order chi connectivity index (χ1) is 7.22. The molecule has 0 atom stereocenters. The number of nitriles is 1. The van der Waals surface area contributed by atoms with E-state index in [2.05, 4.69) is 5.10 Å². The zero-order valence-corrected chi connectivity index (χ0v) is 8.78. The van der Waals surface area contributed by atoms with Gasteiger partial charge in [0.05, 0.1) is 10.4 Å². The molecule has 74 valence electrons. The van der Waals surface area contributed by atoms with E-state index in [4.69, 9.17) is 5.26 Å². The lowest BCUT2D eigenvalue weighted by molar-refractivity contribution is 0.711. The second-order valence-electron chi connectivity index (χ2n) is 2.96. The molecule has 2 aromatic rings. The first-order valence-corrected chi connectivity index (χ1v) is 5.12. The first-order valence-electron chi connectivity index (χ1n) is 4.24. The first kappa shape index (κ1) is 9.62. The summed E-state index contributed by atoms with van der Waals surface area (Å²) in [5, 5.41) is 14.9. The number of thiophene rings is 1. The highest BCUT2D eigenvalue weighted by molar-refractivity contribution is 7.13. The number of hydrogen-bond acceptors (Lipinski definition) is 4. The normalized spacial score (nSPS) is 9.87. The maximum Gasteiger partial charge on any atom is 0.267 e. The van der Waals surface area contributed by atoms with E-state index in [9.17, 15) is 4.79 Å². The van der Waals surface area contributed by atoms with Gasteiger partial charge in [-0.2, -0.15) is 10.4 Å². The van der Waals surface area contributed by atoms with Crippen molar-refractivity contribution >= 4 is 11.3 Å². The van der Waals surface area contributed by atoms with Crippen LogP contribution in [0.15, 0.2) is 28.4 Å². The number of aryl methyl sites for hydroxylation is 1. The maximum atomic E-state index is 11.3. The van der Waals surface area contributed by atoms with E-state index in [1.807, 2.05) is 23.6 Å². The van der Waals surface area contributed by atoms with Gasteiger partial charge in [-0.15, -0.1) is 11.3 Å². The summed E-state index contributed by atoms with van der Waals surface area (Å²) in [6.45, 7) is 0. The Balaban J connectivity index is 2.72. The molecule has 0 unspecified atom stereocenters. The van der Waals surface area contributed by atoms with E-state index in [0.29, 0.717) is 11.3 Å². The molecule has 0 aliphatic rings. The van der Waals surface area contributed by atoms with Crippen LogP contribution in [0.25, 0.3) is 10.6 Å². The van der Waals surface area contributed by atoms with Crippen LogP contribution < -0.4 is 5.56 Å². The van der Waals surface area contributed by atoms with Crippen molar-refractivity contribution in [2.75, 3.05) is 0 Å². The van der Waals surface area contributed by atoms with Gasteiger partial charge in [-0.3, -0.25) is 4.79 Å². The summed E-state index contributed by atoms with van der Waals surface area (Å²) in [5.74, 6) is 0. The lowest BCUT2D eigenvalue weighted by atomic mass is 10.2. The summed E-state index contributed by atoms with van der Waals surface area (Å²) in [6.07, 6.45) is 0. The Morgan fingerprint density at radius 3 is 3.00 bits per heavy atom. The molecule has 0 saturated carbocycles. The van der Waals surface area contributed by atoms with Crippen molar-refractivity contribution in [2.45, 2.75) is 0 Å². The Bertz CT molecular complexity index is 578. The summed E-state index contributed by atoms with van der Waals surface area (Å²) in [5.41, 5.74) is 0.613. The molecule has 0 saturated heterocycles. The minimum Gasteiger partial charge on any atom is -0.268 e. The molecule has 5 heteroatoms. The average Bonchev–Trinajstić information content (AvgIpc) is 2.74. The summed E-state index contributed by atoms with van der Waals surface area (Å²) in [6, 6.07) is 7.05. The Morgan fingerprint density at radius 2 is 2.40 bits per heavy atom. The molecule has 0 N–H and O–H groups in total. The molecule has 15 heavy (non-hydrogen) atoms. The largest absolute Gasteiger partial charge is 0.268 e. The van der Waals surface area contributed by atoms with Crippen LogP contribution >= 0.6 is 11.3 Å². The van der Waals surface area contributed by atoms with Crippen molar-refractivity contribution in [3.63, 3.8) is 0 Å². The zero-order valence-electron chi connectivity index (χ0n) is 7.97. The number of aromatic nitrogens is 2. The molecule has 0 aromatic carbocycles. The van der Waals surface area contributed by atoms with Gasteiger partial charge in [0.25, 0.3) is 5.56 Å². The standard InChI is InChI=1S/C10H7N3OS/c1-13-9(14)5-7(6-11)10(12-13)8-3-2-4-15-8/h2-5H,1H3. The maximum absolute atomic E-state index is 11.3. The Hall–Kier alpha value is -1.93. The van der Waals surface area contributed by atoms with Crippen molar-refractivity contribution in [3.05, 3.63) is 39.5 Å². The molecule has 0 bridgehead atoms. The molecule has 2 heterocycles. The highest BCUT2D eigenvalue weighted by Crippen LogP contribution is 2.24. The summed E-state index contributed by atoms with van der Waals surface area (Å²) in [7, 11) is 1.57. The van der Waals surface area contributed by atoms with Crippen LogP contribution in [0.1, 0.15) is 5.56 Å². The van der Waals surface area contributed by atoms with Crippen molar-refractivity contribution in [1.82, 2.24) is 9.78 Å². The summed E-state index contributed by atoms with van der Waals surface area (Å²) in [4.78, 5) is 12.2. The van der Waals surface area contributed by atoms with E-state index in [1.54, 1.807) is 7.05 Å². The minimum absolute atomic E-state index is 0.271. The van der Waals surface area contributed by atoms with E-state index >= 15 is 0 Å². The third-order valence-electron chi connectivity index (χ3n) is 1.97. The van der Waals surface area contributed by atoms with Gasteiger partial charge in [0.15, 0.2) is 0 Å². The van der Waals surface area contributed by atoms with Crippen LogP contribution in [0.3, 0.4) is 0 Å². The van der Waals surface area contributed by atoms with Gasteiger partial charge < -0.3 is 0 Å². The second-order valence-corrected chi connectivity index (χ2v) is 3.91. The fraction of sp³-hybridized carbons (Fsp3) is 0.100. The molecule has 0 aliphatic heterocycles. The van der Waals surface area contributed by atoms with Crippen molar-refractivity contribution in [2.24, 2.45) is 7.05 Å². The van der Waals surface area contributed by atoms with Crippen molar-refractivity contribution in [3.8, 4) is 16.6 Å². The molecule has 2 rings (SSSR count). The van der Waals surface area contributed by atoms with Crippen molar-refractivity contribution in [1.29, 1.82) is 5.26 Å². The molecule has 0 aliphatic carbocycles. The second kappa shape index (κ2) is 3.67.